The number of rotatable bonds is 6. The molecular formula is C19H22ClN5O. The molecule has 3 aromatic rings. The molecule has 0 aliphatic heterocycles. The van der Waals surface area contributed by atoms with E-state index in [-0.39, 0.29) is 11.8 Å². The normalized spacial score (nSPS) is 12.2. The van der Waals surface area contributed by atoms with Crippen molar-refractivity contribution in [3.8, 4) is 5.69 Å². The van der Waals surface area contributed by atoms with Crippen molar-refractivity contribution >= 4 is 17.5 Å². The van der Waals surface area contributed by atoms with Crippen molar-refractivity contribution < 1.29 is 4.79 Å². The molecule has 1 unspecified atom stereocenters. The van der Waals surface area contributed by atoms with E-state index >= 15 is 0 Å². The quantitative estimate of drug-likeness (QED) is 0.723. The van der Waals surface area contributed by atoms with Crippen LogP contribution >= 0.6 is 11.6 Å². The molecule has 0 aliphatic rings. The molecule has 0 spiro atoms. The highest BCUT2D eigenvalue weighted by Gasteiger charge is 2.17. The Hall–Kier alpha value is -2.60. The first-order valence-electron chi connectivity index (χ1n) is 8.52. The summed E-state index contributed by atoms with van der Waals surface area (Å²) in [6.07, 6.45) is 3.28. The second-order valence-corrected chi connectivity index (χ2v) is 6.83. The van der Waals surface area contributed by atoms with Crippen molar-refractivity contribution in [2.24, 2.45) is 5.92 Å². The number of aromatic nitrogens is 4. The highest BCUT2D eigenvalue weighted by Crippen LogP contribution is 2.18. The lowest BCUT2D eigenvalue weighted by molar-refractivity contribution is -0.125. The fourth-order valence-electron chi connectivity index (χ4n) is 2.90. The van der Waals surface area contributed by atoms with E-state index in [2.05, 4.69) is 15.5 Å². The summed E-state index contributed by atoms with van der Waals surface area (Å²) in [5.41, 5.74) is 3.99. The minimum Gasteiger partial charge on any atom is -0.352 e. The summed E-state index contributed by atoms with van der Waals surface area (Å²) in [5.74, 6) is -0.237. The summed E-state index contributed by atoms with van der Waals surface area (Å²) in [5, 5.41) is 12.3. The van der Waals surface area contributed by atoms with Gasteiger partial charge in [-0.15, -0.1) is 0 Å². The SMILES string of the molecule is Cc1nn(-c2ccccc2)c(C)c1CNC(=O)C(C)Cn1cc(Cl)cn1. The smallest absolute Gasteiger partial charge is 0.224 e. The van der Waals surface area contributed by atoms with Crippen molar-refractivity contribution in [1.29, 1.82) is 0 Å². The van der Waals surface area contributed by atoms with Gasteiger partial charge in [-0.25, -0.2) is 4.68 Å². The molecule has 1 atom stereocenters. The van der Waals surface area contributed by atoms with Crippen LogP contribution in [0.3, 0.4) is 0 Å². The Morgan fingerprint density at radius 3 is 2.65 bits per heavy atom. The maximum Gasteiger partial charge on any atom is 0.224 e. The lowest BCUT2D eigenvalue weighted by Crippen LogP contribution is -2.31. The van der Waals surface area contributed by atoms with E-state index in [1.807, 2.05) is 55.8 Å². The molecule has 1 amide bonds. The van der Waals surface area contributed by atoms with E-state index < -0.39 is 0 Å². The van der Waals surface area contributed by atoms with E-state index in [4.69, 9.17) is 11.6 Å². The van der Waals surface area contributed by atoms with Crippen LogP contribution in [0.4, 0.5) is 0 Å². The highest BCUT2D eigenvalue weighted by molar-refractivity contribution is 6.30. The van der Waals surface area contributed by atoms with Gasteiger partial charge < -0.3 is 5.32 Å². The van der Waals surface area contributed by atoms with Gasteiger partial charge in [0.2, 0.25) is 5.91 Å². The van der Waals surface area contributed by atoms with E-state index in [1.165, 1.54) is 0 Å². The fraction of sp³-hybridized carbons (Fsp3) is 0.316. The van der Waals surface area contributed by atoms with Crippen LogP contribution in [-0.4, -0.2) is 25.5 Å². The lowest BCUT2D eigenvalue weighted by Gasteiger charge is -2.12. The molecule has 6 nitrogen and oxygen atoms in total. The van der Waals surface area contributed by atoms with E-state index in [1.54, 1.807) is 17.1 Å². The standard InChI is InChI=1S/C19H22ClN5O/c1-13(11-24-12-16(20)9-22-24)19(26)21-10-18-14(2)23-25(15(18)3)17-7-5-4-6-8-17/h4-9,12-13H,10-11H2,1-3H3,(H,21,26). The number of hydrogen-bond donors (Lipinski definition) is 1. The van der Waals surface area contributed by atoms with Gasteiger partial charge in [0.15, 0.2) is 0 Å². The summed E-state index contributed by atoms with van der Waals surface area (Å²) in [7, 11) is 0. The molecule has 3 rings (SSSR count). The van der Waals surface area contributed by atoms with Crippen LogP contribution in [0.2, 0.25) is 5.02 Å². The number of hydrogen-bond acceptors (Lipinski definition) is 3. The van der Waals surface area contributed by atoms with Gasteiger partial charge in [-0.3, -0.25) is 9.48 Å². The molecule has 26 heavy (non-hydrogen) atoms. The Morgan fingerprint density at radius 1 is 1.27 bits per heavy atom. The molecule has 0 saturated heterocycles. The fourth-order valence-corrected chi connectivity index (χ4v) is 3.06. The maximum atomic E-state index is 12.4. The minimum absolute atomic E-state index is 0.0251. The van der Waals surface area contributed by atoms with Crippen LogP contribution in [-0.2, 0) is 17.9 Å². The first-order valence-corrected chi connectivity index (χ1v) is 8.89. The average Bonchev–Trinajstić information content (AvgIpc) is 3.16. The number of halogens is 1. The first-order chi connectivity index (χ1) is 12.5. The summed E-state index contributed by atoms with van der Waals surface area (Å²) in [6, 6.07) is 9.97. The van der Waals surface area contributed by atoms with Crippen LogP contribution in [0.15, 0.2) is 42.7 Å². The van der Waals surface area contributed by atoms with E-state index in [0.717, 1.165) is 22.6 Å². The average molecular weight is 372 g/mol. The first kappa shape index (κ1) is 18.2. The van der Waals surface area contributed by atoms with Gasteiger partial charge in [-0.2, -0.15) is 10.2 Å². The van der Waals surface area contributed by atoms with Crippen LogP contribution in [0.1, 0.15) is 23.9 Å². The maximum absolute atomic E-state index is 12.4. The third kappa shape index (κ3) is 3.96. The lowest BCUT2D eigenvalue weighted by atomic mass is 10.1. The van der Waals surface area contributed by atoms with Gasteiger partial charge in [-0.05, 0) is 26.0 Å². The number of para-hydroxylation sites is 1. The summed E-state index contributed by atoms with van der Waals surface area (Å²) in [4.78, 5) is 12.4. The number of amides is 1. The molecule has 2 aromatic heterocycles. The predicted octanol–water partition coefficient (Wildman–Crippen LogP) is 3.29. The molecule has 0 saturated carbocycles. The molecule has 7 heteroatoms. The number of nitrogens with one attached hydrogen (secondary N) is 1. The van der Waals surface area contributed by atoms with Crippen molar-refractivity contribution in [3.63, 3.8) is 0 Å². The van der Waals surface area contributed by atoms with Gasteiger partial charge in [0, 0.05) is 24.0 Å². The van der Waals surface area contributed by atoms with Crippen molar-refractivity contribution in [3.05, 3.63) is 64.7 Å². The second-order valence-electron chi connectivity index (χ2n) is 6.40. The Morgan fingerprint density at radius 2 is 2.00 bits per heavy atom. The minimum atomic E-state index is -0.212. The molecular weight excluding hydrogens is 350 g/mol. The van der Waals surface area contributed by atoms with Crippen molar-refractivity contribution in [2.45, 2.75) is 33.9 Å². The molecule has 1 N–H and O–H groups in total. The van der Waals surface area contributed by atoms with Gasteiger partial charge >= 0.3 is 0 Å². The topological polar surface area (TPSA) is 64.7 Å². The Labute approximate surface area is 157 Å². The number of carbonyl (C=O) groups is 1. The van der Waals surface area contributed by atoms with Crippen molar-refractivity contribution in [2.75, 3.05) is 0 Å². The number of aryl methyl sites for hydroxylation is 1. The summed E-state index contributed by atoms with van der Waals surface area (Å²) < 4.78 is 3.59. The molecule has 0 aliphatic carbocycles. The molecule has 0 bridgehead atoms. The summed E-state index contributed by atoms with van der Waals surface area (Å²) in [6.45, 7) is 6.79. The molecule has 136 valence electrons. The number of benzene rings is 1. The Kier molecular flexibility index (Phi) is 5.42. The Balaban J connectivity index is 1.66. The number of nitrogens with zero attached hydrogens (tertiary/aromatic N) is 4. The molecule has 0 fully saturated rings. The highest BCUT2D eigenvalue weighted by atomic mass is 35.5. The van der Waals surface area contributed by atoms with Gasteiger partial charge in [0.1, 0.15) is 0 Å². The van der Waals surface area contributed by atoms with Gasteiger partial charge in [-0.1, -0.05) is 36.7 Å². The number of carbonyl (C=O) groups excluding carboxylic acids is 1. The predicted molar refractivity (Wildman–Crippen MR) is 101 cm³/mol. The van der Waals surface area contributed by atoms with Crippen LogP contribution in [0.5, 0.6) is 0 Å². The van der Waals surface area contributed by atoms with E-state index in [0.29, 0.717) is 18.1 Å². The molecule has 1 aromatic carbocycles. The Bertz CT molecular complexity index is 900. The zero-order valence-electron chi connectivity index (χ0n) is 15.1. The van der Waals surface area contributed by atoms with Gasteiger partial charge in [0.05, 0.1) is 35.1 Å². The van der Waals surface area contributed by atoms with Gasteiger partial charge in [0.25, 0.3) is 0 Å². The largest absolute Gasteiger partial charge is 0.352 e. The third-order valence-corrected chi connectivity index (χ3v) is 4.59. The second kappa shape index (κ2) is 7.74. The monoisotopic (exact) mass is 371 g/mol. The van der Waals surface area contributed by atoms with Crippen LogP contribution in [0.25, 0.3) is 5.69 Å². The molecule has 2 heterocycles. The van der Waals surface area contributed by atoms with Crippen LogP contribution in [0, 0.1) is 19.8 Å². The third-order valence-electron chi connectivity index (χ3n) is 4.39. The zero-order chi connectivity index (χ0) is 18.7. The van der Waals surface area contributed by atoms with Crippen molar-refractivity contribution in [1.82, 2.24) is 24.9 Å². The summed E-state index contributed by atoms with van der Waals surface area (Å²) >= 11 is 5.86. The van der Waals surface area contributed by atoms with Crippen LogP contribution < -0.4 is 5.32 Å². The molecule has 0 radical (unpaired) electrons. The zero-order valence-corrected chi connectivity index (χ0v) is 15.9. The van der Waals surface area contributed by atoms with E-state index in [9.17, 15) is 4.79 Å².